The number of hydrogen-bond donors (Lipinski definition) is 1. The molecule has 1 atom stereocenters. The van der Waals surface area contributed by atoms with Gasteiger partial charge in [0.25, 0.3) is 0 Å². The zero-order valence-corrected chi connectivity index (χ0v) is 14.1. The Hall–Kier alpha value is -2.43. The van der Waals surface area contributed by atoms with Gasteiger partial charge in [-0.2, -0.15) is 0 Å². The molecule has 0 radical (unpaired) electrons. The van der Waals surface area contributed by atoms with Crippen molar-refractivity contribution in [1.29, 1.82) is 0 Å². The lowest BCUT2D eigenvalue weighted by Gasteiger charge is -2.19. The van der Waals surface area contributed by atoms with E-state index in [0.717, 1.165) is 17.0 Å². The van der Waals surface area contributed by atoms with E-state index in [1.54, 1.807) is 13.3 Å². The third kappa shape index (κ3) is 4.10. The van der Waals surface area contributed by atoms with Crippen molar-refractivity contribution in [3.63, 3.8) is 0 Å². The van der Waals surface area contributed by atoms with E-state index < -0.39 is 0 Å². The molecule has 4 nitrogen and oxygen atoms in total. The maximum atomic E-state index is 6.16. The number of pyridine rings is 2. The first-order valence-corrected chi connectivity index (χ1v) is 8.04. The summed E-state index contributed by atoms with van der Waals surface area (Å²) in [4.78, 5) is 8.92. The minimum atomic E-state index is -0.0714. The molecule has 0 aliphatic heterocycles. The van der Waals surface area contributed by atoms with Gasteiger partial charge in [0.15, 0.2) is 0 Å². The number of ether oxygens (including phenoxy) is 1. The Labute approximate surface area is 146 Å². The molecule has 2 heterocycles. The maximum absolute atomic E-state index is 6.16. The van der Waals surface area contributed by atoms with Gasteiger partial charge in [-0.15, -0.1) is 0 Å². The zero-order valence-electron chi connectivity index (χ0n) is 13.3. The van der Waals surface area contributed by atoms with E-state index >= 15 is 0 Å². The minimum absolute atomic E-state index is 0.0714. The highest BCUT2D eigenvalue weighted by Gasteiger charge is 2.15. The molecule has 0 aliphatic carbocycles. The molecule has 0 saturated carbocycles. The summed E-state index contributed by atoms with van der Waals surface area (Å²) in [6.45, 7) is 0.588. The average molecular weight is 340 g/mol. The molecular weight excluding hydrogens is 322 g/mol. The molecule has 0 fully saturated rings. The standard InChI is InChI=1S/C19H18ClN3O/c1-24-18-10-5-8-16(23-18)13-22-19(17-9-2-3-11-21-17)14-6-4-7-15(20)12-14/h2-12,19,22H,13H2,1H3/t19-/m0/s1. The largest absolute Gasteiger partial charge is 0.481 e. The van der Waals surface area contributed by atoms with Crippen LogP contribution in [0.25, 0.3) is 0 Å². The smallest absolute Gasteiger partial charge is 0.213 e. The van der Waals surface area contributed by atoms with Crippen LogP contribution in [0.2, 0.25) is 5.02 Å². The van der Waals surface area contributed by atoms with Gasteiger partial charge in [0.1, 0.15) is 0 Å². The van der Waals surface area contributed by atoms with Gasteiger partial charge in [-0.1, -0.05) is 35.9 Å². The Morgan fingerprint density at radius 2 is 1.96 bits per heavy atom. The number of methoxy groups -OCH3 is 1. The molecule has 1 N–H and O–H groups in total. The highest BCUT2D eigenvalue weighted by Crippen LogP contribution is 2.23. The van der Waals surface area contributed by atoms with Crippen LogP contribution >= 0.6 is 11.6 Å². The predicted octanol–water partition coefficient (Wildman–Crippen LogP) is 4.02. The first-order valence-electron chi connectivity index (χ1n) is 7.66. The fourth-order valence-electron chi connectivity index (χ4n) is 2.50. The third-order valence-corrected chi connectivity index (χ3v) is 3.88. The first kappa shape index (κ1) is 16.4. The maximum Gasteiger partial charge on any atom is 0.213 e. The lowest BCUT2D eigenvalue weighted by Crippen LogP contribution is -2.23. The Bertz CT molecular complexity index is 795. The van der Waals surface area contributed by atoms with Crippen LogP contribution in [0, 0.1) is 0 Å². The number of rotatable bonds is 6. The Morgan fingerprint density at radius 1 is 1.08 bits per heavy atom. The highest BCUT2D eigenvalue weighted by atomic mass is 35.5. The van der Waals surface area contributed by atoms with Crippen LogP contribution in [0.15, 0.2) is 66.9 Å². The molecule has 0 aliphatic rings. The number of nitrogens with zero attached hydrogens (tertiary/aromatic N) is 2. The molecule has 2 aromatic heterocycles. The van der Waals surface area contributed by atoms with Crippen molar-refractivity contribution in [2.45, 2.75) is 12.6 Å². The molecule has 0 bridgehead atoms. The van der Waals surface area contributed by atoms with E-state index in [-0.39, 0.29) is 6.04 Å². The molecule has 24 heavy (non-hydrogen) atoms. The molecule has 122 valence electrons. The topological polar surface area (TPSA) is 47.0 Å². The molecule has 5 heteroatoms. The van der Waals surface area contributed by atoms with Crippen LogP contribution < -0.4 is 10.1 Å². The fraction of sp³-hybridized carbons (Fsp3) is 0.158. The summed E-state index contributed by atoms with van der Waals surface area (Å²) in [6, 6.07) is 19.3. The summed E-state index contributed by atoms with van der Waals surface area (Å²) in [5.74, 6) is 0.603. The molecule has 1 aromatic carbocycles. The number of benzene rings is 1. The number of hydrogen-bond acceptors (Lipinski definition) is 4. The summed E-state index contributed by atoms with van der Waals surface area (Å²) in [5, 5.41) is 4.21. The van der Waals surface area contributed by atoms with Gasteiger partial charge in [-0.3, -0.25) is 10.3 Å². The SMILES string of the molecule is COc1cccc(CN[C@@H](c2cccc(Cl)c2)c2ccccn2)n1. The van der Waals surface area contributed by atoms with Crippen molar-refractivity contribution >= 4 is 11.6 Å². The predicted molar refractivity (Wildman–Crippen MR) is 95.2 cm³/mol. The van der Waals surface area contributed by atoms with Crippen LogP contribution in [0.5, 0.6) is 5.88 Å². The molecule has 0 spiro atoms. The van der Waals surface area contributed by atoms with Crippen molar-refractivity contribution in [2.24, 2.45) is 0 Å². The van der Waals surface area contributed by atoms with Gasteiger partial charge in [-0.05, 0) is 35.9 Å². The second-order valence-electron chi connectivity index (χ2n) is 5.29. The van der Waals surface area contributed by atoms with Gasteiger partial charge in [0.2, 0.25) is 5.88 Å². The normalized spacial score (nSPS) is 11.9. The quantitative estimate of drug-likeness (QED) is 0.737. The monoisotopic (exact) mass is 339 g/mol. The van der Waals surface area contributed by atoms with E-state index in [0.29, 0.717) is 17.4 Å². The van der Waals surface area contributed by atoms with Crippen molar-refractivity contribution in [3.8, 4) is 5.88 Å². The summed E-state index contributed by atoms with van der Waals surface area (Å²) in [6.07, 6.45) is 1.79. The second kappa shape index (κ2) is 7.90. The highest BCUT2D eigenvalue weighted by molar-refractivity contribution is 6.30. The van der Waals surface area contributed by atoms with Crippen LogP contribution in [-0.4, -0.2) is 17.1 Å². The Balaban J connectivity index is 1.85. The molecular formula is C19H18ClN3O. The molecule has 3 rings (SSSR count). The van der Waals surface area contributed by atoms with Crippen molar-refractivity contribution in [2.75, 3.05) is 7.11 Å². The zero-order chi connectivity index (χ0) is 16.8. The van der Waals surface area contributed by atoms with Gasteiger partial charge in [-0.25, -0.2) is 4.98 Å². The van der Waals surface area contributed by atoms with Crippen molar-refractivity contribution in [1.82, 2.24) is 15.3 Å². The summed E-state index contributed by atoms with van der Waals surface area (Å²) >= 11 is 6.16. The summed E-state index contributed by atoms with van der Waals surface area (Å²) in [5.41, 5.74) is 2.89. The molecule has 0 unspecified atom stereocenters. The third-order valence-electron chi connectivity index (χ3n) is 3.64. The number of nitrogens with one attached hydrogen (secondary N) is 1. The molecule has 0 saturated heterocycles. The van der Waals surface area contributed by atoms with Crippen LogP contribution in [0.1, 0.15) is 23.0 Å². The van der Waals surface area contributed by atoms with E-state index in [9.17, 15) is 0 Å². The van der Waals surface area contributed by atoms with E-state index in [1.165, 1.54) is 0 Å². The number of halogens is 1. The lowest BCUT2D eigenvalue weighted by atomic mass is 10.0. The van der Waals surface area contributed by atoms with Gasteiger partial charge < -0.3 is 4.74 Å². The van der Waals surface area contributed by atoms with Crippen molar-refractivity contribution in [3.05, 3.63) is 88.8 Å². The van der Waals surface area contributed by atoms with E-state index in [2.05, 4.69) is 15.3 Å². The summed E-state index contributed by atoms with van der Waals surface area (Å²) in [7, 11) is 1.61. The molecule has 0 amide bonds. The Kier molecular flexibility index (Phi) is 5.41. The Morgan fingerprint density at radius 3 is 2.71 bits per heavy atom. The fourth-order valence-corrected chi connectivity index (χ4v) is 2.70. The second-order valence-corrected chi connectivity index (χ2v) is 5.73. The minimum Gasteiger partial charge on any atom is -0.481 e. The summed E-state index contributed by atoms with van der Waals surface area (Å²) < 4.78 is 5.18. The average Bonchev–Trinajstić information content (AvgIpc) is 2.63. The van der Waals surface area contributed by atoms with Crippen LogP contribution in [0.3, 0.4) is 0 Å². The van der Waals surface area contributed by atoms with Gasteiger partial charge in [0.05, 0.1) is 24.5 Å². The van der Waals surface area contributed by atoms with E-state index in [1.807, 2.05) is 60.7 Å². The number of aromatic nitrogens is 2. The molecule has 3 aromatic rings. The van der Waals surface area contributed by atoms with E-state index in [4.69, 9.17) is 16.3 Å². The van der Waals surface area contributed by atoms with Crippen LogP contribution in [-0.2, 0) is 6.54 Å². The van der Waals surface area contributed by atoms with Crippen LogP contribution in [0.4, 0.5) is 0 Å². The van der Waals surface area contributed by atoms with Gasteiger partial charge in [0, 0.05) is 23.8 Å². The lowest BCUT2D eigenvalue weighted by molar-refractivity contribution is 0.395. The first-order chi connectivity index (χ1) is 11.8. The van der Waals surface area contributed by atoms with Gasteiger partial charge >= 0.3 is 0 Å². The van der Waals surface area contributed by atoms with Crippen molar-refractivity contribution < 1.29 is 4.74 Å².